The second-order valence-electron chi connectivity index (χ2n) is 6.65. The molecule has 2 aliphatic carbocycles. The molecule has 4 heteroatoms. The van der Waals surface area contributed by atoms with Crippen LogP contribution < -0.4 is 11.1 Å². The highest BCUT2D eigenvalue weighted by atomic mass is 16.5. The molecule has 0 saturated heterocycles. The third-order valence-electron chi connectivity index (χ3n) is 4.91. The topological polar surface area (TPSA) is 64.3 Å². The predicted molar refractivity (Wildman–Crippen MR) is 71.1 cm³/mol. The van der Waals surface area contributed by atoms with Crippen molar-refractivity contribution in [3.05, 3.63) is 0 Å². The molecule has 0 spiro atoms. The molecule has 1 amide bonds. The molecule has 2 atom stereocenters. The first-order valence-electron chi connectivity index (χ1n) is 6.98. The number of methoxy groups -OCH3 is 1. The van der Waals surface area contributed by atoms with Crippen molar-refractivity contribution in [2.45, 2.75) is 70.1 Å². The van der Waals surface area contributed by atoms with E-state index in [1.807, 2.05) is 0 Å². The zero-order valence-corrected chi connectivity index (χ0v) is 11.8. The summed E-state index contributed by atoms with van der Waals surface area (Å²) >= 11 is 0. The van der Waals surface area contributed by atoms with Gasteiger partial charge in [-0.1, -0.05) is 26.7 Å². The lowest BCUT2D eigenvalue weighted by molar-refractivity contribution is -0.133. The van der Waals surface area contributed by atoms with E-state index in [-0.39, 0.29) is 29.0 Å². The number of nitrogens with two attached hydrogens (primary N) is 1. The maximum absolute atomic E-state index is 12.1. The summed E-state index contributed by atoms with van der Waals surface area (Å²) in [4.78, 5) is 12.1. The second kappa shape index (κ2) is 4.82. The molecule has 2 fully saturated rings. The smallest absolute Gasteiger partial charge is 0.222 e. The van der Waals surface area contributed by atoms with Gasteiger partial charge in [-0.2, -0.15) is 0 Å². The van der Waals surface area contributed by atoms with Gasteiger partial charge >= 0.3 is 0 Å². The number of nitrogens with one attached hydrogen (secondary N) is 1. The minimum absolute atomic E-state index is 0.0296. The zero-order valence-electron chi connectivity index (χ0n) is 11.8. The van der Waals surface area contributed by atoms with Crippen molar-refractivity contribution in [3.8, 4) is 0 Å². The minimum Gasteiger partial charge on any atom is -0.381 e. The molecular weight excluding hydrogens is 228 g/mol. The van der Waals surface area contributed by atoms with E-state index in [1.54, 1.807) is 7.11 Å². The average Bonchev–Trinajstić information content (AvgIpc) is 2.70. The Morgan fingerprint density at radius 2 is 2.00 bits per heavy atom. The normalized spacial score (nSPS) is 32.9. The van der Waals surface area contributed by atoms with Crippen LogP contribution in [-0.4, -0.2) is 30.7 Å². The minimum atomic E-state index is -0.251. The van der Waals surface area contributed by atoms with Gasteiger partial charge in [-0.15, -0.1) is 0 Å². The quantitative estimate of drug-likeness (QED) is 0.800. The van der Waals surface area contributed by atoms with Crippen LogP contribution in [0.15, 0.2) is 0 Å². The number of rotatable bonds is 4. The number of carbonyl (C=O) groups excluding carboxylic acids is 1. The molecule has 18 heavy (non-hydrogen) atoms. The van der Waals surface area contributed by atoms with Crippen LogP contribution in [0.5, 0.6) is 0 Å². The highest BCUT2D eigenvalue weighted by Gasteiger charge is 2.49. The predicted octanol–water partition coefficient (Wildman–Crippen LogP) is 1.58. The highest BCUT2D eigenvalue weighted by Crippen LogP contribution is 2.42. The Balaban J connectivity index is 1.82. The third kappa shape index (κ3) is 2.54. The fourth-order valence-corrected chi connectivity index (χ4v) is 3.35. The number of hydrogen-bond acceptors (Lipinski definition) is 3. The summed E-state index contributed by atoms with van der Waals surface area (Å²) in [6, 6.07) is 0.222. The molecule has 0 bridgehead atoms. The summed E-state index contributed by atoms with van der Waals surface area (Å²) in [6.45, 7) is 4.28. The van der Waals surface area contributed by atoms with E-state index in [4.69, 9.17) is 10.5 Å². The number of amides is 1. The number of carbonyl (C=O) groups is 1. The maximum Gasteiger partial charge on any atom is 0.222 e. The fourth-order valence-electron chi connectivity index (χ4n) is 3.35. The molecule has 104 valence electrons. The van der Waals surface area contributed by atoms with Gasteiger partial charge in [0.05, 0.1) is 6.10 Å². The molecule has 0 heterocycles. The van der Waals surface area contributed by atoms with Crippen molar-refractivity contribution in [3.63, 3.8) is 0 Å². The number of ether oxygens (including phenoxy) is 1. The molecule has 3 N–H and O–H groups in total. The van der Waals surface area contributed by atoms with Crippen LogP contribution in [0, 0.1) is 5.41 Å². The SMILES string of the molecule is COC1CC(NC(=O)CC2(N)CCCC2)C1(C)C. The molecule has 0 radical (unpaired) electrons. The van der Waals surface area contributed by atoms with Crippen molar-refractivity contribution in [2.75, 3.05) is 7.11 Å². The van der Waals surface area contributed by atoms with Crippen LogP contribution in [0.2, 0.25) is 0 Å². The van der Waals surface area contributed by atoms with Crippen LogP contribution in [0.1, 0.15) is 52.4 Å². The van der Waals surface area contributed by atoms with Gasteiger partial charge in [-0.3, -0.25) is 4.79 Å². The Bertz CT molecular complexity index is 322. The van der Waals surface area contributed by atoms with Gasteiger partial charge in [0.2, 0.25) is 5.91 Å². The van der Waals surface area contributed by atoms with Gasteiger partial charge in [0.1, 0.15) is 0 Å². The monoisotopic (exact) mass is 254 g/mol. The van der Waals surface area contributed by atoms with Crippen LogP contribution in [0.4, 0.5) is 0 Å². The van der Waals surface area contributed by atoms with Gasteiger partial charge in [0.25, 0.3) is 0 Å². The van der Waals surface area contributed by atoms with Crippen molar-refractivity contribution in [2.24, 2.45) is 11.1 Å². The van der Waals surface area contributed by atoms with Crippen molar-refractivity contribution in [1.82, 2.24) is 5.32 Å². The Kier molecular flexibility index (Phi) is 3.70. The molecule has 2 rings (SSSR count). The molecule has 2 aliphatic rings. The van der Waals surface area contributed by atoms with Crippen LogP contribution in [0.3, 0.4) is 0 Å². The van der Waals surface area contributed by atoms with E-state index in [9.17, 15) is 4.79 Å². The lowest BCUT2D eigenvalue weighted by Gasteiger charge is -2.51. The molecule has 0 aromatic heterocycles. The Morgan fingerprint density at radius 1 is 1.39 bits per heavy atom. The lowest BCUT2D eigenvalue weighted by Crippen LogP contribution is -2.62. The van der Waals surface area contributed by atoms with Crippen molar-refractivity contribution < 1.29 is 9.53 Å². The van der Waals surface area contributed by atoms with Gasteiger partial charge in [-0.05, 0) is 19.3 Å². The first-order valence-corrected chi connectivity index (χ1v) is 6.98. The van der Waals surface area contributed by atoms with Crippen molar-refractivity contribution >= 4 is 5.91 Å². The summed E-state index contributed by atoms with van der Waals surface area (Å²) in [5, 5.41) is 3.12. The van der Waals surface area contributed by atoms with Crippen LogP contribution >= 0.6 is 0 Å². The molecule has 4 nitrogen and oxygen atoms in total. The van der Waals surface area contributed by atoms with Crippen LogP contribution in [-0.2, 0) is 9.53 Å². The molecular formula is C14H26N2O2. The summed E-state index contributed by atoms with van der Waals surface area (Å²) in [5.41, 5.74) is 6.01. The maximum atomic E-state index is 12.1. The highest BCUT2D eigenvalue weighted by molar-refractivity contribution is 5.77. The molecule has 2 unspecified atom stereocenters. The lowest BCUT2D eigenvalue weighted by atomic mass is 9.64. The van der Waals surface area contributed by atoms with Gasteiger partial charge in [0.15, 0.2) is 0 Å². The van der Waals surface area contributed by atoms with E-state index >= 15 is 0 Å². The van der Waals surface area contributed by atoms with E-state index < -0.39 is 0 Å². The molecule has 0 aromatic rings. The Morgan fingerprint density at radius 3 is 2.50 bits per heavy atom. The summed E-state index contributed by atoms with van der Waals surface area (Å²) < 4.78 is 5.39. The molecule has 0 aliphatic heterocycles. The van der Waals surface area contributed by atoms with E-state index in [0.29, 0.717) is 6.42 Å². The Labute approximate surface area is 110 Å². The van der Waals surface area contributed by atoms with Gasteiger partial charge < -0.3 is 15.8 Å². The zero-order chi connectivity index (χ0) is 13.4. The third-order valence-corrected chi connectivity index (χ3v) is 4.91. The Hall–Kier alpha value is -0.610. The first kappa shape index (κ1) is 13.8. The van der Waals surface area contributed by atoms with Gasteiger partial charge in [0, 0.05) is 30.5 Å². The van der Waals surface area contributed by atoms with E-state index in [0.717, 1.165) is 32.1 Å². The molecule has 2 saturated carbocycles. The van der Waals surface area contributed by atoms with E-state index in [2.05, 4.69) is 19.2 Å². The summed E-state index contributed by atoms with van der Waals surface area (Å²) in [6.07, 6.45) is 5.91. The number of hydrogen-bond donors (Lipinski definition) is 2. The van der Waals surface area contributed by atoms with Crippen molar-refractivity contribution in [1.29, 1.82) is 0 Å². The molecule has 0 aromatic carbocycles. The largest absolute Gasteiger partial charge is 0.381 e. The second-order valence-corrected chi connectivity index (χ2v) is 6.65. The standard InChI is InChI=1S/C14H26N2O2/c1-13(2)10(8-11(13)18-3)16-12(17)9-14(15)6-4-5-7-14/h10-11H,4-9,15H2,1-3H3,(H,16,17). The van der Waals surface area contributed by atoms with Crippen LogP contribution in [0.25, 0.3) is 0 Å². The summed E-state index contributed by atoms with van der Waals surface area (Å²) in [7, 11) is 1.73. The van der Waals surface area contributed by atoms with Gasteiger partial charge in [-0.25, -0.2) is 0 Å². The fraction of sp³-hybridized carbons (Fsp3) is 0.929. The summed E-state index contributed by atoms with van der Waals surface area (Å²) in [5.74, 6) is 0.104. The van der Waals surface area contributed by atoms with E-state index in [1.165, 1.54) is 0 Å². The average molecular weight is 254 g/mol. The first-order chi connectivity index (χ1) is 8.37.